The Morgan fingerprint density at radius 1 is 1.35 bits per heavy atom. The third-order valence-corrected chi connectivity index (χ3v) is 2.86. The van der Waals surface area contributed by atoms with Crippen molar-refractivity contribution >= 4 is 17.6 Å². The molecule has 1 amide bonds. The van der Waals surface area contributed by atoms with Crippen LogP contribution < -0.4 is 11.1 Å². The minimum Gasteiger partial charge on any atom is -0.465 e. The second kappa shape index (κ2) is 6.00. The van der Waals surface area contributed by atoms with Crippen molar-refractivity contribution in [3.05, 3.63) is 29.6 Å². The average Bonchev–Trinajstić information content (AvgIpc) is 2.36. The molecule has 0 unspecified atom stereocenters. The molecule has 0 bridgehead atoms. The molecule has 1 aromatic carbocycles. The van der Waals surface area contributed by atoms with Crippen LogP contribution in [-0.4, -0.2) is 25.0 Å². The van der Waals surface area contributed by atoms with E-state index in [0.29, 0.717) is 0 Å². The number of anilines is 1. The summed E-state index contributed by atoms with van der Waals surface area (Å²) in [5.74, 6) is -1.73. The number of benzene rings is 1. The Morgan fingerprint density at radius 3 is 2.45 bits per heavy atom. The highest BCUT2D eigenvalue weighted by atomic mass is 19.1. The number of hydrogen-bond donors (Lipinski definition) is 2. The van der Waals surface area contributed by atoms with Crippen LogP contribution in [0.1, 0.15) is 31.1 Å². The number of ether oxygens (including phenoxy) is 1. The number of carbonyl (C=O) groups is 2. The molecule has 3 N–H and O–H groups in total. The molecule has 1 aromatic rings. The Bertz CT molecular complexity index is 524. The van der Waals surface area contributed by atoms with Crippen molar-refractivity contribution in [2.45, 2.75) is 26.8 Å². The molecule has 1 rings (SSSR count). The summed E-state index contributed by atoms with van der Waals surface area (Å²) < 4.78 is 17.8. The topological polar surface area (TPSA) is 81.4 Å². The molecule has 0 saturated heterocycles. The van der Waals surface area contributed by atoms with Gasteiger partial charge in [0.25, 0.3) is 0 Å². The number of nitrogens with two attached hydrogens (primary N) is 1. The Balaban J connectivity index is 3.05. The van der Waals surface area contributed by atoms with Crippen LogP contribution in [0.25, 0.3) is 0 Å². The van der Waals surface area contributed by atoms with E-state index in [1.165, 1.54) is 13.2 Å². The quantitative estimate of drug-likeness (QED) is 0.830. The van der Waals surface area contributed by atoms with Crippen LogP contribution in [-0.2, 0) is 9.53 Å². The number of carbonyl (C=O) groups excluding carboxylic acids is 2. The molecule has 0 spiro atoms. The normalized spacial score (nSPS) is 12.7. The zero-order valence-corrected chi connectivity index (χ0v) is 12.0. The van der Waals surface area contributed by atoms with Crippen molar-refractivity contribution in [3.63, 3.8) is 0 Å². The van der Waals surface area contributed by atoms with E-state index in [2.05, 4.69) is 10.1 Å². The van der Waals surface area contributed by atoms with Gasteiger partial charge >= 0.3 is 5.97 Å². The lowest BCUT2D eigenvalue weighted by Crippen LogP contribution is -2.45. The predicted molar refractivity (Wildman–Crippen MR) is 73.8 cm³/mol. The molecular weight excluding hydrogens is 263 g/mol. The van der Waals surface area contributed by atoms with E-state index in [0.717, 1.165) is 12.1 Å². The number of halogens is 1. The first kappa shape index (κ1) is 16.1. The summed E-state index contributed by atoms with van der Waals surface area (Å²) in [4.78, 5) is 23.6. The van der Waals surface area contributed by atoms with Crippen LogP contribution in [0.2, 0.25) is 0 Å². The summed E-state index contributed by atoms with van der Waals surface area (Å²) in [6.07, 6.45) is 0. The summed E-state index contributed by atoms with van der Waals surface area (Å²) in [6, 6.07) is 2.63. The molecule has 0 heterocycles. The first-order chi connectivity index (χ1) is 9.16. The Kier molecular flexibility index (Phi) is 4.83. The van der Waals surface area contributed by atoms with Crippen molar-refractivity contribution in [2.24, 2.45) is 11.1 Å². The highest BCUT2D eigenvalue weighted by Crippen LogP contribution is 2.22. The van der Waals surface area contributed by atoms with Gasteiger partial charge in [0.1, 0.15) is 5.82 Å². The van der Waals surface area contributed by atoms with Crippen molar-refractivity contribution < 1.29 is 18.7 Å². The maximum Gasteiger partial charge on any atom is 0.339 e. The number of nitrogens with one attached hydrogen (secondary N) is 1. The standard InChI is InChI=1S/C14H19FN2O3/c1-14(2,3)11(16)12(18)17-10-7-8(15)5-6-9(10)13(19)20-4/h5-7,11H,16H2,1-4H3,(H,17,18)/t11-/m1/s1. The summed E-state index contributed by atoms with van der Waals surface area (Å²) in [7, 11) is 1.21. The van der Waals surface area contributed by atoms with Crippen LogP contribution in [0.5, 0.6) is 0 Å². The monoisotopic (exact) mass is 282 g/mol. The fraction of sp³-hybridized carbons (Fsp3) is 0.429. The minimum absolute atomic E-state index is 0.0431. The molecule has 6 heteroatoms. The van der Waals surface area contributed by atoms with E-state index in [-0.39, 0.29) is 11.3 Å². The Labute approximate surface area is 117 Å². The van der Waals surface area contributed by atoms with Crippen LogP contribution in [0.15, 0.2) is 18.2 Å². The third kappa shape index (κ3) is 3.77. The highest BCUT2D eigenvalue weighted by Gasteiger charge is 2.28. The molecule has 0 fully saturated rings. The molecule has 0 saturated carbocycles. The van der Waals surface area contributed by atoms with Crippen LogP contribution >= 0.6 is 0 Å². The Morgan fingerprint density at radius 2 is 1.95 bits per heavy atom. The van der Waals surface area contributed by atoms with Gasteiger partial charge < -0.3 is 15.8 Å². The molecule has 20 heavy (non-hydrogen) atoms. The largest absolute Gasteiger partial charge is 0.465 e. The smallest absolute Gasteiger partial charge is 0.339 e. The van der Waals surface area contributed by atoms with Crippen molar-refractivity contribution in [1.29, 1.82) is 0 Å². The number of esters is 1. The maximum absolute atomic E-state index is 13.3. The van der Waals surface area contributed by atoms with Gasteiger partial charge in [-0.1, -0.05) is 20.8 Å². The number of hydrogen-bond acceptors (Lipinski definition) is 4. The lowest BCUT2D eigenvalue weighted by Gasteiger charge is -2.26. The van der Waals surface area contributed by atoms with Gasteiger partial charge in [0.05, 0.1) is 24.4 Å². The third-order valence-electron chi connectivity index (χ3n) is 2.86. The number of methoxy groups -OCH3 is 1. The van der Waals surface area contributed by atoms with Crippen molar-refractivity contribution in [2.75, 3.05) is 12.4 Å². The Hall–Kier alpha value is -1.95. The summed E-state index contributed by atoms with van der Waals surface area (Å²) >= 11 is 0. The summed E-state index contributed by atoms with van der Waals surface area (Å²) in [5, 5.41) is 2.47. The fourth-order valence-corrected chi connectivity index (χ4v) is 1.51. The molecule has 0 aliphatic carbocycles. The summed E-state index contributed by atoms with van der Waals surface area (Å²) in [5.41, 5.74) is 5.48. The molecule has 0 aliphatic heterocycles. The molecule has 0 aromatic heterocycles. The minimum atomic E-state index is -0.795. The second-order valence-corrected chi connectivity index (χ2v) is 5.51. The van der Waals surface area contributed by atoms with Crippen molar-refractivity contribution in [1.82, 2.24) is 0 Å². The van der Waals surface area contributed by atoms with Crippen LogP contribution in [0.3, 0.4) is 0 Å². The van der Waals surface area contributed by atoms with E-state index in [1.807, 2.05) is 20.8 Å². The van der Waals surface area contributed by atoms with Gasteiger partial charge in [-0.3, -0.25) is 4.79 Å². The molecule has 0 radical (unpaired) electrons. The van der Waals surface area contributed by atoms with E-state index in [9.17, 15) is 14.0 Å². The highest BCUT2D eigenvalue weighted by molar-refractivity contribution is 6.02. The predicted octanol–water partition coefficient (Wildman–Crippen LogP) is 1.92. The number of amides is 1. The molecule has 5 nitrogen and oxygen atoms in total. The van der Waals surface area contributed by atoms with Crippen LogP contribution in [0, 0.1) is 11.2 Å². The molecule has 1 atom stereocenters. The first-order valence-electron chi connectivity index (χ1n) is 6.11. The van der Waals surface area contributed by atoms with Gasteiger partial charge in [-0.25, -0.2) is 9.18 Å². The summed E-state index contributed by atoms with van der Waals surface area (Å²) in [6.45, 7) is 5.43. The molecule has 110 valence electrons. The lowest BCUT2D eigenvalue weighted by atomic mass is 9.87. The molecule has 0 aliphatic rings. The zero-order chi connectivity index (χ0) is 15.5. The second-order valence-electron chi connectivity index (χ2n) is 5.51. The van der Waals surface area contributed by atoms with Gasteiger partial charge in [-0.15, -0.1) is 0 Å². The fourth-order valence-electron chi connectivity index (χ4n) is 1.51. The number of rotatable bonds is 3. The molecular formula is C14H19FN2O3. The van der Waals surface area contributed by atoms with Gasteiger partial charge in [0.2, 0.25) is 5.91 Å². The lowest BCUT2D eigenvalue weighted by molar-refractivity contribution is -0.119. The van der Waals surface area contributed by atoms with Gasteiger partial charge in [0, 0.05) is 0 Å². The van der Waals surface area contributed by atoms with Crippen LogP contribution in [0.4, 0.5) is 10.1 Å². The average molecular weight is 282 g/mol. The van der Waals surface area contributed by atoms with Crippen molar-refractivity contribution in [3.8, 4) is 0 Å². The maximum atomic E-state index is 13.3. The van der Waals surface area contributed by atoms with E-state index < -0.39 is 29.2 Å². The van der Waals surface area contributed by atoms with E-state index >= 15 is 0 Å². The first-order valence-corrected chi connectivity index (χ1v) is 6.11. The van der Waals surface area contributed by atoms with Gasteiger partial charge in [0.15, 0.2) is 0 Å². The van der Waals surface area contributed by atoms with Gasteiger partial charge in [-0.2, -0.15) is 0 Å². The van der Waals surface area contributed by atoms with E-state index in [1.54, 1.807) is 0 Å². The van der Waals surface area contributed by atoms with Gasteiger partial charge in [-0.05, 0) is 23.6 Å². The van der Waals surface area contributed by atoms with E-state index in [4.69, 9.17) is 5.73 Å². The zero-order valence-electron chi connectivity index (χ0n) is 12.0. The SMILES string of the molecule is COC(=O)c1ccc(F)cc1NC(=O)[C@@H](N)C(C)(C)C.